The fourth-order valence-corrected chi connectivity index (χ4v) is 1.59. The summed E-state index contributed by atoms with van der Waals surface area (Å²) in [6.45, 7) is 0.217. The Morgan fingerprint density at radius 3 is 2.33 bits per heavy atom. The number of pyridine rings is 1. The number of rotatable bonds is 5. The predicted octanol–water partition coefficient (Wildman–Crippen LogP) is 3.60. The molecular weight excluding hydrogens is 285 g/mol. The molecule has 7 heteroatoms. The van der Waals surface area contributed by atoms with Gasteiger partial charge in [0.25, 0.3) is 0 Å². The van der Waals surface area contributed by atoms with Crippen LogP contribution in [0.5, 0.6) is 11.5 Å². The van der Waals surface area contributed by atoms with E-state index in [0.717, 1.165) is 0 Å². The number of benzene rings is 1. The van der Waals surface area contributed by atoms with Gasteiger partial charge in [0, 0.05) is 7.05 Å². The average molecular weight is 298 g/mol. The van der Waals surface area contributed by atoms with Crippen LogP contribution < -0.4 is 14.8 Å². The van der Waals surface area contributed by atoms with Crippen molar-refractivity contribution in [2.24, 2.45) is 0 Å². The Kier molecular flexibility index (Phi) is 4.52. The SMILES string of the molecule is CNc1cccc(COc2ccc(OC(F)(F)F)cc2)n1. The maximum absolute atomic E-state index is 12.0. The summed E-state index contributed by atoms with van der Waals surface area (Å²) in [4.78, 5) is 4.26. The first-order valence-corrected chi connectivity index (χ1v) is 6.08. The summed E-state index contributed by atoms with van der Waals surface area (Å²) in [5, 5.41) is 2.90. The lowest BCUT2D eigenvalue weighted by Gasteiger charge is -2.10. The summed E-state index contributed by atoms with van der Waals surface area (Å²) >= 11 is 0. The summed E-state index contributed by atoms with van der Waals surface area (Å²) < 4.78 is 45.3. The van der Waals surface area contributed by atoms with Gasteiger partial charge in [0.15, 0.2) is 0 Å². The molecule has 0 amide bonds. The van der Waals surface area contributed by atoms with E-state index in [0.29, 0.717) is 17.3 Å². The Balaban J connectivity index is 1.94. The molecule has 21 heavy (non-hydrogen) atoms. The number of halogens is 3. The highest BCUT2D eigenvalue weighted by Crippen LogP contribution is 2.25. The Morgan fingerprint density at radius 2 is 1.71 bits per heavy atom. The molecule has 1 N–H and O–H groups in total. The molecule has 0 unspecified atom stereocenters. The molecule has 0 aliphatic rings. The van der Waals surface area contributed by atoms with E-state index >= 15 is 0 Å². The third kappa shape index (κ3) is 4.87. The molecule has 1 heterocycles. The lowest BCUT2D eigenvalue weighted by molar-refractivity contribution is -0.274. The van der Waals surface area contributed by atoms with Crippen molar-refractivity contribution in [1.29, 1.82) is 0 Å². The maximum Gasteiger partial charge on any atom is 0.573 e. The van der Waals surface area contributed by atoms with Crippen LogP contribution in [0.1, 0.15) is 5.69 Å². The van der Waals surface area contributed by atoms with Crippen molar-refractivity contribution in [2.45, 2.75) is 13.0 Å². The van der Waals surface area contributed by atoms with Gasteiger partial charge in [0.1, 0.15) is 23.9 Å². The van der Waals surface area contributed by atoms with E-state index in [-0.39, 0.29) is 12.4 Å². The van der Waals surface area contributed by atoms with Crippen LogP contribution in [0.3, 0.4) is 0 Å². The third-order valence-electron chi connectivity index (χ3n) is 2.51. The van der Waals surface area contributed by atoms with Gasteiger partial charge >= 0.3 is 6.36 Å². The molecule has 4 nitrogen and oxygen atoms in total. The van der Waals surface area contributed by atoms with Crippen LogP contribution in [0.15, 0.2) is 42.5 Å². The van der Waals surface area contributed by atoms with Crippen LogP contribution in [0.4, 0.5) is 19.0 Å². The predicted molar refractivity (Wildman–Crippen MR) is 71.2 cm³/mol. The van der Waals surface area contributed by atoms with E-state index in [4.69, 9.17) is 4.74 Å². The van der Waals surface area contributed by atoms with Crippen molar-refractivity contribution in [2.75, 3.05) is 12.4 Å². The van der Waals surface area contributed by atoms with Crippen LogP contribution in [-0.2, 0) is 6.61 Å². The zero-order valence-corrected chi connectivity index (χ0v) is 11.1. The van der Waals surface area contributed by atoms with Crippen molar-refractivity contribution >= 4 is 5.82 Å². The molecule has 1 aromatic heterocycles. The van der Waals surface area contributed by atoms with Gasteiger partial charge in [-0.05, 0) is 36.4 Å². The zero-order valence-electron chi connectivity index (χ0n) is 11.1. The fraction of sp³-hybridized carbons (Fsp3) is 0.214. The summed E-state index contributed by atoms with van der Waals surface area (Å²) in [6.07, 6.45) is -4.69. The minimum Gasteiger partial charge on any atom is -0.487 e. The Hall–Kier alpha value is -2.44. The second-order valence-electron chi connectivity index (χ2n) is 4.07. The number of anilines is 1. The first-order valence-electron chi connectivity index (χ1n) is 6.08. The summed E-state index contributed by atoms with van der Waals surface area (Å²) in [5.41, 5.74) is 0.706. The van der Waals surface area contributed by atoms with Gasteiger partial charge in [-0.3, -0.25) is 0 Å². The fourth-order valence-electron chi connectivity index (χ4n) is 1.59. The van der Waals surface area contributed by atoms with E-state index in [2.05, 4.69) is 15.0 Å². The van der Waals surface area contributed by atoms with Gasteiger partial charge in [-0.25, -0.2) is 4.98 Å². The van der Waals surface area contributed by atoms with Crippen molar-refractivity contribution < 1.29 is 22.6 Å². The first kappa shape index (κ1) is 15.0. The second kappa shape index (κ2) is 6.34. The Bertz CT molecular complexity index is 586. The number of nitrogens with zero attached hydrogens (tertiary/aromatic N) is 1. The minimum absolute atomic E-state index is 0.217. The second-order valence-corrected chi connectivity index (χ2v) is 4.07. The van der Waals surface area contributed by atoms with Gasteiger partial charge in [0.2, 0.25) is 0 Å². The normalized spacial score (nSPS) is 11.0. The Labute approximate surface area is 119 Å². The monoisotopic (exact) mass is 298 g/mol. The van der Waals surface area contributed by atoms with Crippen molar-refractivity contribution in [3.8, 4) is 11.5 Å². The van der Waals surface area contributed by atoms with E-state index in [1.54, 1.807) is 13.1 Å². The number of ether oxygens (including phenoxy) is 2. The molecule has 1 aromatic carbocycles. The molecule has 112 valence electrons. The highest BCUT2D eigenvalue weighted by molar-refractivity contribution is 5.34. The zero-order chi connectivity index (χ0) is 15.3. The van der Waals surface area contributed by atoms with E-state index in [9.17, 15) is 13.2 Å². The molecule has 0 saturated heterocycles. The molecule has 2 rings (SSSR count). The molecule has 0 saturated carbocycles. The highest BCUT2D eigenvalue weighted by Gasteiger charge is 2.30. The van der Waals surface area contributed by atoms with Crippen molar-refractivity contribution in [3.05, 3.63) is 48.2 Å². The molecule has 0 atom stereocenters. The third-order valence-corrected chi connectivity index (χ3v) is 2.51. The van der Waals surface area contributed by atoms with Crippen LogP contribution in [-0.4, -0.2) is 18.4 Å². The first-order chi connectivity index (χ1) is 9.96. The molecule has 0 aliphatic heterocycles. The number of nitrogens with one attached hydrogen (secondary N) is 1. The standard InChI is InChI=1S/C14H13F3N2O2/c1-18-13-4-2-3-10(19-13)9-20-11-5-7-12(8-6-11)21-14(15,16)17/h2-8H,9H2,1H3,(H,18,19). The average Bonchev–Trinajstić information content (AvgIpc) is 2.45. The van der Waals surface area contributed by atoms with Crippen LogP contribution >= 0.6 is 0 Å². The van der Waals surface area contributed by atoms with Crippen LogP contribution in [0.2, 0.25) is 0 Å². The van der Waals surface area contributed by atoms with Crippen LogP contribution in [0, 0.1) is 0 Å². The maximum atomic E-state index is 12.0. The summed E-state index contributed by atoms with van der Waals surface area (Å²) in [5.74, 6) is 0.858. The number of hydrogen-bond donors (Lipinski definition) is 1. The number of hydrogen-bond acceptors (Lipinski definition) is 4. The quantitative estimate of drug-likeness (QED) is 0.916. The van der Waals surface area contributed by atoms with Gasteiger partial charge in [-0.1, -0.05) is 6.07 Å². The molecule has 0 spiro atoms. The summed E-state index contributed by atoms with van der Waals surface area (Å²) in [6, 6.07) is 10.6. The lowest BCUT2D eigenvalue weighted by atomic mass is 10.3. The molecule has 0 aliphatic carbocycles. The highest BCUT2D eigenvalue weighted by atomic mass is 19.4. The molecule has 0 bridgehead atoms. The summed E-state index contributed by atoms with van der Waals surface area (Å²) in [7, 11) is 1.76. The van der Waals surface area contributed by atoms with Gasteiger partial charge in [-0.15, -0.1) is 13.2 Å². The Morgan fingerprint density at radius 1 is 1.05 bits per heavy atom. The largest absolute Gasteiger partial charge is 0.573 e. The lowest BCUT2D eigenvalue weighted by Crippen LogP contribution is -2.16. The van der Waals surface area contributed by atoms with E-state index in [1.165, 1.54) is 24.3 Å². The topological polar surface area (TPSA) is 43.4 Å². The van der Waals surface area contributed by atoms with Crippen molar-refractivity contribution in [3.63, 3.8) is 0 Å². The molecular formula is C14H13F3N2O2. The minimum atomic E-state index is -4.69. The van der Waals surface area contributed by atoms with E-state index < -0.39 is 6.36 Å². The molecule has 0 radical (unpaired) electrons. The van der Waals surface area contributed by atoms with Gasteiger partial charge in [0.05, 0.1) is 5.69 Å². The van der Waals surface area contributed by atoms with E-state index in [1.807, 2.05) is 12.1 Å². The molecule has 0 fully saturated rings. The molecule has 2 aromatic rings. The number of aromatic nitrogens is 1. The van der Waals surface area contributed by atoms with Gasteiger partial charge < -0.3 is 14.8 Å². The van der Waals surface area contributed by atoms with Gasteiger partial charge in [-0.2, -0.15) is 0 Å². The number of alkyl halides is 3. The van der Waals surface area contributed by atoms with Crippen LogP contribution in [0.25, 0.3) is 0 Å². The smallest absolute Gasteiger partial charge is 0.487 e. The van der Waals surface area contributed by atoms with Crippen molar-refractivity contribution in [1.82, 2.24) is 4.98 Å².